The Bertz CT molecular complexity index is 607. The van der Waals surface area contributed by atoms with Gasteiger partial charge in [-0.15, -0.1) is 0 Å². The molecule has 0 spiro atoms. The molecule has 0 saturated heterocycles. The van der Waals surface area contributed by atoms with Crippen LogP contribution in [0.25, 0.3) is 11.3 Å². The normalized spacial score (nSPS) is 17.6. The Labute approximate surface area is 117 Å². The average Bonchev–Trinajstić information content (AvgIpc) is 2.94. The SMILES string of the molecule is COCCC1CNC(=O)c2cc(-c3ccncc3)[nH]c21. The van der Waals surface area contributed by atoms with Crippen molar-refractivity contribution >= 4 is 5.91 Å². The Kier molecular flexibility index (Phi) is 3.52. The molecule has 1 atom stereocenters. The number of rotatable bonds is 4. The van der Waals surface area contributed by atoms with Gasteiger partial charge in [0.1, 0.15) is 0 Å². The fraction of sp³-hybridized carbons (Fsp3) is 0.333. The number of nitrogens with one attached hydrogen (secondary N) is 2. The largest absolute Gasteiger partial charge is 0.385 e. The van der Waals surface area contributed by atoms with Crippen LogP contribution in [0.2, 0.25) is 0 Å². The zero-order valence-corrected chi connectivity index (χ0v) is 11.3. The van der Waals surface area contributed by atoms with Gasteiger partial charge in [-0.05, 0) is 24.6 Å². The minimum absolute atomic E-state index is 0.00905. The summed E-state index contributed by atoms with van der Waals surface area (Å²) in [5, 5.41) is 2.94. The summed E-state index contributed by atoms with van der Waals surface area (Å²) in [5.41, 5.74) is 3.74. The number of carbonyl (C=O) groups is 1. The Morgan fingerprint density at radius 1 is 1.40 bits per heavy atom. The maximum absolute atomic E-state index is 12.0. The van der Waals surface area contributed by atoms with E-state index in [1.807, 2.05) is 18.2 Å². The van der Waals surface area contributed by atoms with Gasteiger partial charge < -0.3 is 15.0 Å². The van der Waals surface area contributed by atoms with Crippen molar-refractivity contribution in [1.82, 2.24) is 15.3 Å². The van der Waals surface area contributed by atoms with Crippen molar-refractivity contribution in [1.29, 1.82) is 0 Å². The molecule has 2 aromatic rings. The van der Waals surface area contributed by atoms with E-state index in [1.165, 1.54) is 0 Å². The van der Waals surface area contributed by atoms with Crippen molar-refractivity contribution in [3.8, 4) is 11.3 Å². The lowest BCUT2D eigenvalue weighted by atomic mass is 9.95. The Morgan fingerprint density at radius 2 is 2.20 bits per heavy atom. The fourth-order valence-corrected chi connectivity index (χ4v) is 2.59. The number of carbonyl (C=O) groups excluding carboxylic acids is 1. The summed E-state index contributed by atoms with van der Waals surface area (Å²) in [6.45, 7) is 1.34. The van der Waals surface area contributed by atoms with Gasteiger partial charge in [0.25, 0.3) is 5.91 Å². The van der Waals surface area contributed by atoms with Crippen LogP contribution in [-0.4, -0.2) is 36.1 Å². The van der Waals surface area contributed by atoms with Gasteiger partial charge in [-0.25, -0.2) is 0 Å². The molecule has 0 fully saturated rings. The van der Waals surface area contributed by atoms with Gasteiger partial charge in [0, 0.05) is 55.5 Å². The molecule has 0 radical (unpaired) electrons. The highest BCUT2D eigenvalue weighted by molar-refractivity contribution is 5.98. The highest BCUT2D eigenvalue weighted by atomic mass is 16.5. The quantitative estimate of drug-likeness (QED) is 0.893. The number of nitrogens with zero attached hydrogens (tertiary/aromatic N) is 1. The molecular weight excluding hydrogens is 254 g/mol. The molecule has 3 heterocycles. The van der Waals surface area contributed by atoms with Crippen LogP contribution in [0.15, 0.2) is 30.6 Å². The van der Waals surface area contributed by atoms with Crippen LogP contribution in [0.3, 0.4) is 0 Å². The molecule has 5 heteroatoms. The van der Waals surface area contributed by atoms with E-state index in [4.69, 9.17) is 4.74 Å². The lowest BCUT2D eigenvalue weighted by molar-refractivity contribution is 0.0934. The van der Waals surface area contributed by atoms with Crippen molar-refractivity contribution in [2.24, 2.45) is 0 Å². The molecule has 5 nitrogen and oxygen atoms in total. The monoisotopic (exact) mass is 271 g/mol. The van der Waals surface area contributed by atoms with Gasteiger partial charge >= 0.3 is 0 Å². The molecule has 0 bridgehead atoms. The molecule has 1 aliphatic rings. The van der Waals surface area contributed by atoms with E-state index < -0.39 is 0 Å². The zero-order valence-electron chi connectivity index (χ0n) is 11.3. The van der Waals surface area contributed by atoms with Crippen LogP contribution in [-0.2, 0) is 4.74 Å². The third-order valence-electron chi connectivity index (χ3n) is 3.67. The third kappa shape index (κ3) is 2.32. The minimum Gasteiger partial charge on any atom is -0.385 e. The van der Waals surface area contributed by atoms with Crippen LogP contribution < -0.4 is 5.32 Å². The lowest BCUT2D eigenvalue weighted by Gasteiger charge is -2.22. The molecule has 0 saturated carbocycles. The van der Waals surface area contributed by atoms with E-state index in [2.05, 4.69) is 15.3 Å². The summed E-state index contributed by atoms with van der Waals surface area (Å²) in [7, 11) is 1.69. The maximum Gasteiger partial charge on any atom is 0.253 e. The molecule has 0 aromatic carbocycles. The number of aromatic nitrogens is 2. The first-order valence-corrected chi connectivity index (χ1v) is 6.70. The van der Waals surface area contributed by atoms with Crippen LogP contribution in [0, 0.1) is 0 Å². The van der Waals surface area contributed by atoms with Crippen LogP contribution in [0.5, 0.6) is 0 Å². The molecule has 1 aliphatic heterocycles. The van der Waals surface area contributed by atoms with Crippen LogP contribution in [0.4, 0.5) is 0 Å². The summed E-state index contributed by atoms with van der Waals surface area (Å²) < 4.78 is 5.14. The van der Waals surface area contributed by atoms with Gasteiger partial charge in [-0.2, -0.15) is 0 Å². The van der Waals surface area contributed by atoms with Crippen molar-refractivity contribution < 1.29 is 9.53 Å². The molecule has 1 amide bonds. The van der Waals surface area contributed by atoms with Gasteiger partial charge in [0.15, 0.2) is 0 Å². The number of hydrogen-bond donors (Lipinski definition) is 2. The molecule has 1 unspecified atom stereocenters. The Hall–Kier alpha value is -2.14. The van der Waals surface area contributed by atoms with E-state index in [0.29, 0.717) is 13.2 Å². The third-order valence-corrected chi connectivity index (χ3v) is 3.67. The predicted octanol–water partition coefficient (Wildman–Crippen LogP) is 1.94. The van der Waals surface area contributed by atoms with Gasteiger partial charge in [-0.3, -0.25) is 9.78 Å². The first-order chi connectivity index (χ1) is 9.79. The smallest absolute Gasteiger partial charge is 0.253 e. The van der Waals surface area contributed by atoms with Gasteiger partial charge in [0.05, 0.1) is 5.56 Å². The summed E-state index contributed by atoms with van der Waals surface area (Å²) in [5.74, 6) is 0.267. The minimum atomic E-state index is -0.00905. The number of H-pyrrole nitrogens is 1. The molecule has 104 valence electrons. The lowest BCUT2D eigenvalue weighted by Crippen LogP contribution is -2.35. The summed E-state index contributed by atoms with van der Waals surface area (Å²) >= 11 is 0. The maximum atomic E-state index is 12.0. The highest BCUT2D eigenvalue weighted by Gasteiger charge is 2.27. The fourth-order valence-electron chi connectivity index (χ4n) is 2.59. The van der Waals surface area contributed by atoms with Crippen molar-refractivity contribution in [2.75, 3.05) is 20.3 Å². The predicted molar refractivity (Wildman–Crippen MR) is 75.6 cm³/mol. The topological polar surface area (TPSA) is 67.0 Å². The molecule has 2 aromatic heterocycles. The second kappa shape index (κ2) is 5.46. The number of aromatic amines is 1. The highest BCUT2D eigenvalue weighted by Crippen LogP contribution is 2.30. The summed E-state index contributed by atoms with van der Waals surface area (Å²) in [6.07, 6.45) is 4.38. The van der Waals surface area contributed by atoms with E-state index >= 15 is 0 Å². The first kappa shape index (κ1) is 12.9. The second-order valence-corrected chi connectivity index (χ2v) is 4.93. The number of amides is 1. The molecule has 20 heavy (non-hydrogen) atoms. The van der Waals surface area contributed by atoms with Crippen molar-refractivity contribution in [3.05, 3.63) is 41.9 Å². The number of ether oxygens (including phenoxy) is 1. The Morgan fingerprint density at radius 3 is 2.95 bits per heavy atom. The second-order valence-electron chi connectivity index (χ2n) is 4.93. The number of fused-ring (bicyclic) bond motifs is 1. The van der Waals surface area contributed by atoms with Crippen molar-refractivity contribution in [2.45, 2.75) is 12.3 Å². The first-order valence-electron chi connectivity index (χ1n) is 6.70. The van der Waals surface area contributed by atoms with E-state index in [-0.39, 0.29) is 11.8 Å². The van der Waals surface area contributed by atoms with Crippen LogP contribution >= 0.6 is 0 Å². The number of pyridine rings is 1. The molecular formula is C15H17N3O2. The number of hydrogen-bond acceptors (Lipinski definition) is 3. The van der Waals surface area contributed by atoms with E-state index in [9.17, 15) is 4.79 Å². The standard InChI is InChI=1S/C15H17N3O2/c1-20-7-4-11-9-17-15(19)12-8-13(18-14(11)12)10-2-5-16-6-3-10/h2-3,5-6,8,11,18H,4,7,9H2,1H3,(H,17,19). The van der Waals surface area contributed by atoms with Crippen molar-refractivity contribution in [3.63, 3.8) is 0 Å². The van der Waals surface area contributed by atoms with E-state index in [1.54, 1.807) is 19.5 Å². The molecule has 3 rings (SSSR count). The average molecular weight is 271 g/mol. The number of methoxy groups -OCH3 is 1. The molecule has 2 N–H and O–H groups in total. The molecule has 0 aliphatic carbocycles. The van der Waals surface area contributed by atoms with E-state index in [0.717, 1.165) is 28.9 Å². The van der Waals surface area contributed by atoms with Gasteiger partial charge in [-0.1, -0.05) is 0 Å². The van der Waals surface area contributed by atoms with Gasteiger partial charge in [0.2, 0.25) is 0 Å². The summed E-state index contributed by atoms with van der Waals surface area (Å²) in [6, 6.07) is 5.78. The zero-order chi connectivity index (χ0) is 13.9. The Balaban J connectivity index is 1.96. The van der Waals surface area contributed by atoms with Crippen LogP contribution in [0.1, 0.15) is 28.4 Å². The summed E-state index contributed by atoms with van der Waals surface area (Å²) in [4.78, 5) is 19.4.